The van der Waals surface area contributed by atoms with Crippen LogP contribution in [-0.2, 0) is 24.2 Å². The smallest absolute Gasteiger partial charge is 0.315 e. The van der Waals surface area contributed by atoms with Crippen LogP contribution in [-0.4, -0.2) is 40.1 Å². The summed E-state index contributed by atoms with van der Waals surface area (Å²) in [5.41, 5.74) is 0.0971. The molecule has 7 heteroatoms. The summed E-state index contributed by atoms with van der Waals surface area (Å²) in [6, 6.07) is -0.150. The molecule has 3 heterocycles. The van der Waals surface area contributed by atoms with E-state index in [1.807, 2.05) is 0 Å². The molecule has 0 bridgehead atoms. The maximum absolute atomic E-state index is 12.1. The lowest BCUT2D eigenvalue weighted by Gasteiger charge is -2.31. The van der Waals surface area contributed by atoms with Crippen LogP contribution in [0.15, 0.2) is 0 Å². The topological polar surface area (TPSA) is 81.1 Å². The first kappa shape index (κ1) is 17.2. The summed E-state index contributed by atoms with van der Waals surface area (Å²) >= 11 is 0. The van der Waals surface area contributed by atoms with Gasteiger partial charge in [0.05, 0.1) is 12.6 Å². The minimum Gasteiger partial charge on any atom is -0.377 e. The van der Waals surface area contributed by atoms with Crippen molar-refractivity contribution in [2.45, 2.75) is 65.6 Å². The normalized spacial score (nSPS) is 23.8. The highest BCUT2D eigenvalue weighted by atomic mass is 16.5. The van der Waals surface area contributed by atoms with E-state index in [0.717, 1.165) is 44.1 Å². The number of amides is 2. The van der Waals surface area contributed by atoms with Crippen molar-refractivity contribution in [2.24, 2.45) is 11.3 Å². The first-order chi connectivity index (χ1) is 11.4. The fourth-order valence-electron chi connectivity index (χ4n) is 3.74. The molecule has 1 fully saturated rings. The molecule has 24 heavy (non-hydrogen) atoms. The van der Waals surface area contributed by atoms with Gasteiger partial charge >= 0.3 is 6.03 Å². The van der Waals surface area contributed by atoms with Gasteiger partial charge in [0.2, 0.25) is 0 Å². The predicted molar refractivity (Wildman–Crippen MR) is 90.5 cm³/mol. The van der Waals surface area contributed by atoms with Gasteiger partial charge in [0.15, 0.2) is 5.82 Å². The van der Waals surface area contributed by atoms with Crippen molar-refractivity contribution in [1.29, 1.82) is 0 Å². The number of hydrogen-bond acceptors (Lipinski definition) is 4. The monoisotopic (exact) mass is 335 g/mol. The highest BCUT2D eigenvalue weighted by Gasteiger charge is 2.37. The second kappa shape index (κ2) is 7.09. The largest absolute Gasteiger partial charge is 0.377 e. The molecule has 2 N–H and O–H groups in total. The van der Waals surface area contributed by atoms with Crippen LogP contribution in [0.2, 0.25) is 0 Å². The fourth-order valence-corrected chi connectivity index (χ4v) is 3.74. The predicted octanol–water partition coefficient (Wildman–Crippen LogP) is 1.86. The molecule has 0 unspecified atom stereocenters. The third kappa shape index (κ3) is 3.88. The number of rotatable bonds is 4. The number of aromatic nitrogens is 3. The first-order valence-corrected chi connectivity index (χ1v) is 8.99. The van der Waals surface area contributed by atoms with Gasteiger partial charge in [0, 0.05) is 32.0 Å². The van der Waals surface area contributed by atoms with Crippen molar-refractivity contribution < 1.29 is 9.53 Å². The number of fused-ring (bicyclic) bond motifs is 1. The molecule has 2 amide bonds. The van der Waals surface area contributed by atoms with Gasteiger partial charge in [0.25, 0.3) is 0 Å². The Labute approximate surface area is 143 Å². The highest BCUT2D eigenvalue weighted by molar-refractivity contribution is 5.73. The first-order valence-electron chi connectivity index (χ1n) is 8.99. The molecule has 1 aromatic rings. The standard InChI is InChI=1S/C17H29N5O2/c1-17(2,3)15-12(7-9-24-15)10-18-16(23)19-11-14-21-20-13-6-4-5-8-22(13)14/h12,15H,4-11H2,1-3H3,(H2,18,19,23)/t12-,15+/m1/s1. The molecule has 1 aromatic heterocycles. The van der Waals surface area contributed by atoms with Crippen LogP contribution in [0.1, 0.15) is 51.7 Å². The molecule has 134 valence electrons. The van der Waals surface area contributed by atoms with Crippen LogP contribution in [0, 0.1) is 11.3 Å². The van der Waals surface area contributed by atoms with Crippen molar-refractivity contribution >= 4 is 6.03 Å². The minimum absolute atomic E-state index is 0.0971. The number of carbonyl (C=O) groups excluding carboxylic acids is 1. The molecule has 2 aliphatic rings. The van der Waals surface area contributed by atoms with Gasteiger partial charge in [-0.25, -0.2) is 4.79 Å². The van der Waals surface area contributed by atoms with Crippen molar-refractivity contribution in [3.63, 3.8) is 0 Å². The summed E-state index contributed by atoms with van der Waals surface area (Å²) in [5, 5.41) is 14.3. The van der Waals surface area contributed by atoms with Crippen molar-refractivity contribution in [2.75, 3.05) is 13.2 Å². The summed E-state index contributed by atoms with van der Waals surface area (Å²) in [6.45, 7) is 9.35. The molecule has 0 radical (unpaired) electrons. The Balaban J connectivity index is 1.46. The molecule has 7 nitrogen and oxygen atoms in total. The maximum atomic E-state index is 12.1. The van der Waals surface area contributed by atoms with Crippen LogP contribution in [0.4, 0.5) is 4.79 Å². The van der Waals surface area contributed by atoms with Gasteiger partial charge in [-0.15, -0.1) is 10.2 Å². The van der Waals surface area contributed by atoms with Gasteiger partial charge in [-0.05, 0) is 24.7 Å². The maximum Gasteiger partial charge on any atom is 0.315 e. The van der Waals surface area contributed by atoms with E-state index < -0.39 is 0 Å². The second-order valence-corrected chi connectivity index (χ2v) is 7.91. The summed E-state index contributed by atoms with van der Waals surface area (Å²) in [5.74, 6) is 2.25. The number of nitrogens with one attached hydrogen (secondary N) is 2. The van der Waals surface area contributed by atoms with E-state index in [0.29, 0.717) is 19.0 Å². The zero-order valence-electron chi connectivity index (χ0n) is 15.0. The third-order valence-electron chi connectivity index (χ3n) is 4.94. The quantitative estimate of drug-likeness (QED) is 0.880. The van der Waals surface area contributed by atoms with Crippen LogP contribution in [0.3, 0.4) is 0 Å². The van der Waals surface area contributed by atoms with Gasteiger partial charge in [-0.1, -0.05) is 20.8 Å². The van der Waals surface area contributed by atoms with Gasteiger partial charge in [-0.2, -0.15) is 0 Å². The lowest BCUT2D eigenvalue weighted by Crippen LogP contribution is -2.42. The van der Waals surface area contributed by atoms with E-state index in [1.54, 1.807) is 0 Å². The number of hydrogen-bond donors (Lipinski definition) is 2. The minimum atomic E-state index is -0.150. The fraction of sp³-hybridized carbons (Fsp3) is 0.824. The number of aryl methyl sites for hydroxylation is 1. The van der Waals surface area contributed by atoms with E-state index in [9.17, 15) is 4.79 Å². The van der Waals surface area contributed by atoms with Crippen molar-refractivity contribution in [3.8, 4) is 0 Å². The summed E-state index contributed by atoms with van der Waals surface area (Å²) < 4.78 is 7.98. The Morgan fingerprint density at radius 1 is 1.29 bits per heavy atom. The van der Waals surface area contributed by atoms with Crippen molar-refractivity contribution in [1.82, 2.24) is 25.4 Å². The van der Waals surface area contributed by atoms with E-state index in [1.165, 1.54) is 6.42 Å². The lowest BCUT2D eigenvalue weighted by molar-refractivity contribution is 0.00775. The van der Waals surface area contributed by atoms with Crippen LogP contribution in [0.5, 0.6) is 0 Å². The lowest BCUT2D eigenvalue weighted by atomic mass is 9.81. The Kier molecular flexibility index (Phi) is 5.08. The zero-order valence-corrected chi connectivity index (χ0v) is 15.0. The number of ether oxygens (including phenoxy) is 1. The van der Waals surface area contributed by atoms with E-state index in [-0.39, 0.29) is 17.6 Å². The van der Waals surface area contributed by atoms with Gasteiger partial charge in [-0.3, -0.25) is 0 Å². The van der Waals surface area contributed by atoms with Crippen molar-refractivity contribution in [3.05, 3.63) is 11.6 Å². The molecular formula is C17H29N5O2. The van der Waals surface area contributed by atoms with E-state index in [4.69, 9.17) is 4.74 Å². The molecule has 0 aromatic carbocycles. The molecule has 0 saturated carbocycles. The highest BCUT2D eigenvalue weighted by Crippen LogP contribution is 2.34. The molecule has 0 spiro atoms. The number of nitrogens with zero attached hydrogens (tertiary/aromatic N) is 3. The van der Waals surface area contributed by atoms with Crippen LogP contribution < -0.4 is 10.6 Å². The van der Waals surface area contributed by atoms with E-state index in [2.05, 4.69) is 46.2 Å². The second-order valence-electron chi connectivity index (χ2n) is 7.91. The summed E-state index contributed by atoms with van der Waals surface area (Å²) in [4.78, 5) is 12.1. The molecule has 2 atom stereocenters. The number of urea groups is 1. The molecule has 3 rings (SSSR count). The SMILES string of the molecule is CC(C)(C)[C@H]1OCC[C@@H]1CNC(=O)NCc1nnc2n1CCCC2. The van der Waals surface area contributed by atoms with E-state index >= 15 is 0 Å². The van der Waals surface area contributed by atoms with Crippen LogP contribution >= 0.6 is 0 Å². The summed E-state index contributed by atoms with van der Waals surface area (Å²) in [7, 11) is 0. The summed E-state index contributed by atoms with van der Waals surface area (Å²) in [6.07, 6.45) is 4.50. The zero-order chi connectivity index (χ0) is 17.2. The molecule has 2 aliphatic heterocycles. The average Bonchev–Trinajstić information content (AvgIpc) is 3.17. The molecular weight excluding hydrogens is 306 g/mol. The Morgan fingerprint density at radius 2 is 2.12 bits per heavy atom. The third-order valence-corrected chi connectivity index (χ3v) is 4.94. The molecule has 0 aliphatic carbocycles. The average molecular weight is 335 g/mol. The Hall–Kier alpha value is -1.63. The van der Waals surface area contributed by atoms with Gasteiger partial charge < -0.3 is 19.9 Å². The van der Waals surface area contributed by atoms with Crippen LogP contribution in [0.25, 0.3) is 0 Å². The number of carbonyl (C=O) groups is 1. The van der Waals surface area contributed by atoms with Gasteiger partial charge in [0.1, 0.15) is 5.82 Å². The molecule has 1 saturated heterocycles. The Morgan fingerprint density at radius 3 is 2.92 bits per heavy atom. The Bertz CT molecular complexity index is 578.